The summed E-state index contributed by atoms with van der Waals surface area (Å²) in [5, 5.41) is 7.78. The largest absolute Gasteiger partial charge is 0.317 e. The number of rotatable bonds is 3. The van der Waals surface area contributed by atoms with E-state index in [1.807, 2.05) is 17.9 Å². The Bertz CT molecular complexity index is 387. The van der Waals surface area contributed by atoms with Crippen molar-refractivity contribution in [1.29, 1.82) is 0 Å². The van der Waals surface area contributed by atoms with Gasteiger partial charge in [-0.2, -0.15) is 5.10 Å². The quantitative estimate of drug-likeness (QED) is 0.921. The molecule has 2 saturated heterocycles. The topological polar surface area (TPSA) is 33.1 Å². The van der Waals surface area contributed by atoms with E-state index in [4.69, 9.17) is 0 Å². The van der Waals surface area contributed by atoms with Crippen LogP contribution in [0.15, 0.2) is 12.4 Å². The van der Waals surface area contributed by atoms with E-state index in [9.17, 15) is 0 Å². The van der Waals surface area contributed by atoms with Gasteiger partial charge in [-0.25, -0.2) is 0 Å². The summed E-state index contributed by atoms with van der Waals surface area (Å²) in [5.74, 6) is 0.892. The van der Waals surface area contributed by atoms with Crippen molar-refractivity contribution < 1.29 is 0 Å². The van der Waals surface area contributed by atoms with Gasteiger partial charge in [-0.3, -0.25) is 9.58 Å². The van der Waals surface area contributed by atoms with Crippen LogP contribution in [0.5, 0.6) is 0 Å². The van der Waals surface area contributed by atoms with Crippen LogP contribution in [0.25, 0.3) is 0 Å². The van der Waals surface area contributed by atoms with Gasteiger partial charge in [0.1, 0.15) is 0 Å². The molecule has 0 radical (unpaired) electrons. The molecule has 0 amide bonds. The van der Waals surface area contributed by atoms with Crippen molar-refractivity contribution in [3.05, 3.63) is 18.0 Å². The van der Waals surface area contributed by atoms with Crippen molar-refractivity contribution in [2.24, 2.45) is 13.0 Å². The predicted octanol–water partition coefficient (Wildman–Crippen LogP) is 1.98. The number of aromatic nitrogens is 2. The molecule has 2 aliphatic heterocycles. The number of likely N-dealkylation sites (tertiary alicyclic amines) is 1. The fourth-order valence-electron chi connectivity index (χ4n) is 3.43. The maximum atomic E-state index is 4.32. The van der Waals surface area contributed by atoms with Gasteiger partial charge >= 0.3 is 0 Å². The summed E-state index contributed by atoms with van der Waals surface area (Å²) < 4.78 is 1.93. The highest BCUT2D eigenvalue weighted by atomic mass is 35.5. The van der Waals surface area contributed by atoms with Crippen LogP contribution in [0.1, 0.15) is 37.3 Å². The average Bonchev–Trinajstić information content (AvgIpc) is 2.99. The first-order valence-corrected chi connectivity index (χ1v) is 7.26. The Morgan fingerprint density at radius 3 is 2.79 bits per heavy atom. The standard InChI is InChI=1S/C14H24N4.ClH/c1-17-11-13(9-16-17)14-3-2-8-18(14)10-12-4-6-15-7-5-12;/h9,11-12,14-15H,2-8,10H2,1H3;1H. The van der Waals surface area contributed by atoms with Crippen molar-refractivity contribution in [2.45, 2.75) is 31.7 Å². The summed E-state index contributed by atoms with van der Waals surface area (Å²) in [6, 6.07) is 0.619. The molecular weight excluding hydrogens is 260 g/mol. The molecule has 1 unspecified atom stereocenters. The van der Waals surface area contributed by atoms with Crippen LogP contribution >= 0.6 is 12.4 Å². The third kappa shape index (κ3) is 3.50. The Balaban J connectivity index is 0.00000133. The van der Waals surface area contributed by atoms with Gasteiger partial charge in [0, 0.05) is 31.4 Å². The highest BCUT2D eigenvalue weighted by Gasteiger charge is 2.29. The van der Waals surface area contributed by atoms with Gasteiger partial charge in [-0.1, -0.05) is 0 Å². The monoisotopic (exact) mass is 284 g/mol. The van der Waals surface area contributed by atoms with E-state index in [1.54, 1.807) is 0 Å². The molecule has 108 valence electrons. The highest BCUT2D eigenvalue weighted by Crippen LogP contribution is 2.33. The number of hydrogen-bond acceptors (Lipinski definition) is 3. The second-order valence-electron chi connectivity index (χ2n) is 5.79. The molecule has 3 heterocycles. The van der Waals surface area contributed by atoms with Gasteiger partial charge in [0.25, 0.3) is 0 Å². The van der Waals surface area contributed by atoms with E-state index in [-0.39, 0.29) is 12.4 Å². The molecule has 3 rings (SSSR count). The summed E-state index contributed by atoms with van der Waals surface area (Å²) in [6.07, 6.45) is 9.56. The lowest BCUT2D eigenvalue weighted by Gasteiger charge is -2.30. The van der Waals surface area contributed by atoms with Crippen molar-refractivity contribution in [3.8, 4) is 0 Å². The van der Waals surface area contributed by atoms with Crippen molar-refractivity contribution in [1.82, 2.24) is 20.0 Å². The Morgan fingerprint density at radius 2 is 2.11 bits per heavy atom. The predicted molar refractivity (Wildman–Crippen MR) is 79.6 cm³/mol. The van der Waals surface area contributed by atoms with E-state index < -0.39 is 0 Å². The van der Waals surface area contributed by atoms with Crippen LogP contribution in [0, 0.1) is 5.92 Å². The number of nitrogens with zero attached hydrogens (tertiary/aromatic N) is 3. The molecule has 0 saturated carbocycles. The first kappa shape index (κ1) is 14.8. The molecule has 0 spiro atoms. The zero-order chi connectivity index (χ0) is 12.4. The summed E-state index contributed by atoms with van der Waals surface area (Å²) >= 11 is 0. The van der Waals surface area contributed by atoms with Gasteiger partial charge in [0.15, 0.2) is 0 Å². The third-order valence-electron chi connectivity index (χ3n) is 4.42. The van der Waals surface area contributed by atoms with Crippen molar-refractivity contribution in [2.75, 3.05) is 26.2 Å². The molecule has 4 nitrogen and oxygen atoms in total. The van der Waals surface area contributed by atoms with Gasteiger partial charge in [0.05, 0.1) is 6.20 Å². The van der Waals surface area contributed by atoms with E-state index in [0.717, 1.165) is 5.92 Å². The SMILES string of the molecule is Cl.Cn1cc(C2CCCN2CC2CCNCC2)cn1. The third-order valence-corrected chi connectivity index (χ3v) is 4.42. The number of aryl methyl sites for hydroxylation is 1. The van der Waals surface area contributed by atoms with Gasteiger partial charge in [-0.15, -0.1) is 12.4 Å². The normalized spacial score (nSPS) is 25.4. The van der Waals surface area contributed by atoms with Gasteiger partial charge in [-0.05, 0) is 51.2 Å². The zero-order valence-electron chi connectivity index (χ0n) is 11.7. The minimum Gasteiger partial charge on any atom is -0.317 e. The molecule has 0 aliphatic carbocycles. The molecule has 1 aromatic rings. The van der Waals surface area contributed by atoms with Crippen LogP contribution in [-0.2, 0) is 7.05 Å². The van der Waals surface area contributed by atoms with Crippen LogP contribution < -0.4 is 5.32 Å². The molecule has 2 fully saturated rings. The first-order valence-electron chi connectivity index (χ1n) is 7.26. The Kier molecular flexibility index (Phi) is 5.25. The lowest BCUT2D eigenvalue weighted by atomic mass is 9.97. The zero-order valence-corrected chi connectivity index (χ0v) is 12.5. The molecular formula is C14H25ClN4. The minimum absolute atomic E-state index is 0. The maximum Gasteiger partial charge on any atom is 0.0537 e. The molecule has 19 heavy (non-hydrogen) atoms. The number of nitrogens with one attached hydrogen (secondary N) is 1. The lowest BCUT2D eigenvalue weighted by Crippen LogP contribution is -2.35. The summed E-state index contributed by atoms with van der Waals surface area (Å²) in [4.78, 5) is 2.69. The fourth-order valence-corrected chi connectivity index (χ4v) is 3.43. The summed E-state index contributed by atoms with van der Waals surface area (Å²) in [7, 11) is 2.01. The van der Waals surface area contributed by atoms with Crippen molar-refractivity contribution >= 4 is 12.4 Å². The number of piperidine rings is 1. The maximum absolute atomic E-state index is 4.32. The summed E-state index contributed by atoms with van der Waals surface area (Å²) in [5.41, 5.74) is 1.41. The average molecular weight is 285 g/mol. The van der Waals surface area contributed by atoms with Crippen LogP contribution in [0.3, 0.4) is 0 Å². The molecule has 2 aliphatic rings. The second-order valence-corrected chi connectivity index (χ2v) is 5.79. The molecule has 5 heteroatoms. The van der Waals surface area contributed by atoms with Gasteiger partial charge in [0.2, 0.25) is 0 Å². The van der Waals surface area contributed by atoms with E-state index in [0.29, 0.717) is 6.04 Å². The van der Waals surface area contributed by atoms with Gasteiger partial charge < -0.3 is 5.32 Å². The summed E-state index contributed by atoms with van der Waals surface area (Å²) in [6.45, 7) is 4.96. The minimum atomic E-state index is 0. The highest BCUT2D eigenvalue weighted by molar-refractivity contribution is 5.85. The number of hydrogen-bond donors (Lipinski definition) is 1. The molecule has 1 N–H and O–H groups in total. The van der Waals surface area contributed by atoms with Crippen LogP contribution in [0.2, 0.25) is 0 Å². The molecule has 0 aromatic carbocycles. The molecule has 1 aromatic heterocycles. The lowest BCUT2D eigenvalue weighted by molar-refractivity contribution is 0.193. The smallest absolute Gasteiger partial charge is 0.0537 e. The first-order chi connectivity index (χ1) is 8.83. The Labute approximate surface area is 122 Å². The number of halogens is 1. The second kappa shape index (κ2) is 6.73. The van der Waals surface area contributed by atoms with Crippen molar-refractivity contribution in [3.63, 3.8) is 0 Å². The fraction of sp³-hybridized carbons (Fsp3) is 0.786. The Morgan fingerprint density at radius 1 is 1.32 bits per heavy atom. The van der Waals surface area contributed by atoms with Crippen LogP contribution in [0.4, 0.5) is 0 Å². The molecule has 1 atom stereocenters. The van der Waals surface area contributed by atoms with Crippen LogP contribution in [-0.4, -0.2) is 40.9 Å². The van der Waals surface area contributed by atoms with E-state index in [2.05, 4.69) is 21.5 Å². The van der Waals surface area contributed by atoms with E-state index >= 15 is 0 Å². The Hall–Kier alpha value is -0.580. The van der Waals surface area contributed by atoms with E-state index in [1.165, 1.54) is 57.4 Å². The molecule has 0 bridgehead atoms.